The molecule has 1 atom stereocenters. The van der Waals surface area contributed by atoms with Gasteiger partial charge in [-0.1, -0.05) is 27.7 Å². The number of aryl methyl sites for hydroxylation is 3. The van der Waals surface area contributed by atoms with Crippen molar-refractivity contribution in [3.05, 3.63) is 97.1 Å². The van der Waals surface area contributed by atoms with Crippen molar-refractivity contribution in [1.82, 2.24) is 15.0 Å². The highest BCUT2D eigenvalue weighted by atomic mass is 127. The number of aromatic nitrogens is 3. The Bertz CT molecular complexity index is 2000. The quantitative estimate of drug-likeness (QED) is 0.122. The Hall–Kier alpha value is -3.12. The highest BCUT2D eigenvalue weighted by molar-refractivity contribution is 14.1. The Morgan fingerprint density at radius 3 is 1.51 bits per heavy atom. The second-order valence-corrected chi connectivity index (χ2v) is 15.3. The van der Waals surface area contributed by atoms with Gasteiger partial charge in [-0.3, -0.25) is 0 Å². The van der Waals surface area contributed by atoms with Crippen LogP contribution in [0.5, 0.6) is 0 Å². The van der Waals surface area contributed by atoms with E-state index >= 15 is 0 Å². The zero-order valence-corrected chi connectivity index (χ0v) is 27.0. The number of hydrogen-bond donors (Lipinski definition) is 0. The number of hydrogen-bond acceptors (Lipinski definition) is 3. The van der Waals surface area contributed by atoms with Crippen molar-refractivity contribution in [3.63, 3.8) is 0 Å². The highest BCUT2D eigenvalue weighted by Crippen LogP contribution is 2.63. The molecule has 6 aromatic rings. The topological polar surface area (TPSA) is 38.7 Å². The second-order valence-electron chi connectivity index (χ2n) is 14.1. The smallest absolute Gasteiger partial charge is 0.0897 e. The van der Waals surface area contributed by atoms with Gasteiger partial charge in [0.2, 0.25) is 0 Å². The van der Waals surface area contributed by atoms with Crippen LogP contribution in [0, 0.1) is 24.3 Å². The van der Waals surface area contributed by atoms with Crippen molar-refractivity contribution in [1.29, 1.82) is 0 Å². The average Bonchev–Trinajstić information content (AvgIpc) is 3.24. The Morgan fingerprint density at radius 2 is 0.902 bits per heavy atom. The first-order chi connectivity index (χ1) is 19.3. The van der Waals surface area contributed by atoms with Gasteiger partial charge in [0.15, 0.2) is 0 Å². The van der Waals surface area contributed by atoms with Crippen LogP contribution in [0.15, 0.2) is 54.6 Å². The Labute approximate surface area is 255 Å². The SMILES string of the molecule is Cc1cc2nc3cc4c(cc3nc2cc1C)C1(CC(C)(C)c2cc3cc5cc(I)c(C)cc5nc3cc21)CC4(C)C. The van der Waals surface area contributed by atoms with Crippen molar-refractivity contribution in [2.24, 2.45) is 0 Å². The van der Waals surface area contributed by atoms with Crippen molar-refractivity contribution in [2.75, 3.05) is 0 Å². The van der Waals surface area contributed by atoms with Gasteiger partial charge >= 0.3 is 0 Å². The molecule has 0 amide bonds. The molecule has 41 heavy (non-hydrogen) atoms. The monoisotopic (exact) mass is 647 g/mol. The van der Waals surface area contributed by atoms with E-state index in [1.54, 1.807) is 0 Å². The maximum absolute atomic E-state index is 5.23. The van der Waals surface area contributed by atoms with E-state index in [1.807, 2.05) is 0 Å². The van der Waals surface area contributed by atoms with Gasteiger partial charge in [-0.15, -0.1) is 0 Å². The molecule has 4 heteroatoms. The highest BCUT2D eigenvalue weighted by Gasteiger charge is 2.56. The summed E-state index contributed by atoms with van der Waals surface area (Å²) in [4.78, 5) is 15.5. The zero-order chi connectivity index (χ0) is 28.6. The Balaban J connectivity index is 1.41. The van der Waals surface area contributed by atoms with Gasteiger partial charge in [0, 0.05) is 19.8 Å². The van der Waals surface area contributed by atoms with Crippen LogP contribution in [-0.2, 0) is 16.2 Å². The maximum Gasteiger partial charge on any atom is 0.0897 e. The lowest BCUT2D eigenvalue weighted by molar-refractivity contribution is 0.350. The molecule has 1 spiro atoms. The summed E-state index contributed by atoms with van der Waals surface area (Å²) in [7, 11) is 0. The number of pyridine rings is 1. The van der Waals surface area contributed by atoms with Gasteiger partial charge in [-0.2, -0.15) is 0 Å². The predicted octanol–water partition coefficient (Wildman–Crippen LogP) is 9.66. The van der Waals surface area contributed by atoms with Crippen LogP contribution in [0.2, 0.25) is 0 Å². The Kier molecular flexibility index (Phi) is 5.01. The summed E-state index contributed by atoms with van der Waals surface area (Å²) in [5.74, 6) is 0. The maximum atomic E-state index is 5.23. The molecule has 2 aliphatic rings. The summed E-state index contributed by atoms with van der Waals surface area (Å²) in [6, 6.07) is 20.8. The second kappa shape index (κ2) is 8.03. The predicted molar refractivity (Wildman–Crippen MR) is 179 cm³/mol. The van der Waals surface area contributed by atoms with E-state index in [1.165, 1.54) is 53.3 Å². The van der Waals surface area contributed by atoms with Crippen LogP contribution >= 0.6 is 22.6 Å². The fraction of sp³-hybridized carbons (Fsp3) is 0.324. The minimum absolute atomic E-state index is 0.0284. The molecule has 0 saturated carbocycles. The first-order valence-corrected chi connectivity index (χ1v) is 15.7. The molecule has 0 bridgehead atoms. The Morgan fingerprint density at radius 1 is 0.488 bits per heavy atom. The van der Waals surface area contributed by atoms with E-state index < -0.39 is 0 Å². The molecule has 0 saturated heterocycles. The molecule has 0 fully saturated rings. The molecule has 2 aliphatic carbocycles. The van der Waals surface area contributed by atoms with Gasteiger partial charge in [0.1, 0.15) is 0 Å². The molecular weight excluding hydrogens is 613 g/mol. The summed E-state index contributed by atoms with van der Waals surface area (Å²) in [6.07, 6.45) is 2.17. The van der Waals surface area contributed by atoms with E-state index in [4.69, 9.17) is 15.0 Å². The summed E-state index contributed by atoms with van der Waals surface area (Å²) >= 11 is 2.43. The van der Waals surface area contributed by atoms with Gasteiger partial charge in [-0.05, 0) is 161 Å². The first-order valence-electron chi connectivity index (χ1n) is 14.6. The van der Waals surface area contributed by atoms with Crippen molar-refractivity contribution < 1.29 is 0 Å². The fourth-order valence-corrected chi connectivity index (χ4v) is 8.68. The fourth-order valence-electron chi connectivity index (χ4n) is 8.19. The first kappa shape index (κ1) is 25.6. The zero-order valence-electron chi connectivity index (χ0n) is 24.8. The molecule has 1 unspecified atom stereocenters. The average molecular weight is 648 g/mol. The third kappa shape index (κ3) is 3.52. The van der Waals surface area contributed by atoms with E-state index in [0.717, 1.165) is 45.9 Å². The largest absolute Gasteiger partial charge is 0.248 e. The molecule has 0 N–H and O–H groups in total. The molecule has 204 valence electrons. The number of fused-ring (bicyclic) bond motifs is 8. The van der Waals surface area contributed by atoms with E-state index in [9.17, 15) is 0 Å². The van der Waals surface area contributed by atoms with Crippen LogP contribution < -0.4 is 0 Å². The van der Waals surface area contributed by atoms with Crippen molar-refractivity contribution in [3.8, 4) is 0 Å². The molecule has 3 nitrogen and oxygen atoms in total. The van der Waals surface area contributed by atoms with Gasteiger partial charge in [-0.25, -0.2) is 15.0 Å². The molecule has 0 aliphatic heterocycles. The van der Waals surface area contributed by atoms with Crippen molar-refractivity contribution >= 4 is 66.5 Å². The van der Waals surface area contributed by atoms with Gasteiger partial charge < -0.3 is 0 Å². The van der Waals surface area contributed by atoms with Gasteiger partial charge in [0.05, 0.1) is 33.1 Å². The molecule has 0 radical (unpaired) electrons. The van der Waals surface area contributed by atoms with E-state index in [2.05, 4.69) is 126 Å². The van der Waals surface area contributed by atoms with E-state index in [0.29, 0.717) is 0 Å². The molecular formula is C37H34IN3. The number of benzene rings is 4. The van der Waals surface area contributed by atoms with Crippen LogP contribution in [0.3, 0.4) is 0 Å². The molecule has 8 rings (SSSR count). The lowest BCUT2D eigenvalue weighted by atomic mass is 9.72. The summed E-state index contributed by atoms with van der Waals surface area (Å²) in [5, 5.41) is 2.45. The number of halogens is 1. The molecule has 4 aromatic carbocycles. The summed E-state index contributed by atoms with van der Waals surface area (Å²) in [5.41, 5.74) is 15.7. The standard InChI is InChI=1S/C37H34IN3/c1-19-8-31-32(9-20(19)2)41-34-16-27-25(14-33(34)40-31)36(6,7)18-37(27)17-35(4,5)24-12-22-11-23-13-28(38)21(3)10-29(23)39-30(22)15-26(24)37/h8-16H,17-18H2,1-7H3. The van der Waals surface area contributed by atoms with Crippen LogP contribution in [-0.4, -0.2) is 15.0 Å². The van der Waals surface area contributed by atoms with Crippen LogP contribution in [0.4, 0.5) is 0 Å². The third-order valence-corrected chi connectivity index (χ3v) is 11.4. The lowest BCUT2D eigenvalue weighted by Gasteiger charge is -2.30. The van der Waals surface area contributed by atoms with Crippen LogP contribution in [0.1, 0.15) is 79.5 Å². The minimum Gasteiger partial charge on any atom is -0.248 e. The summed E-state index contributed by atoms with van der Waals surface area (Å²) in [6.45, 7) is 16.2. The molecule has 2 heterocycles. The normalized spacial score (nSPS) is 20.5. The minimum atomic E-state index is -0.0709. The number of nitrogens with zero attached hydrogens (tertiary/aromatic N) is 3. The van der Waals surface area contributed by atoms with E-state index in [-0.39, 0.29) is 16.2 Å². The molecule has 2 aromatic heterocycles. The van der Waals surface area contributed by atoms with Gasteiger partial charge in [0.25, 0.3) is 0 Å². The summed E-state index contributed by atoms with van der Waals surface area (Å²) < 4.78 is 1.29. The van der Waals surface area contributed by atoms with Crippen molar-refractivity contribution in [2.45, 2.75) is 77.6 Å². The lowest BCUT2D eigenvalue weighted by Crippen LogP contribution is -2.27. The third-order valence-electron chi connectivity index (χ3n) is 10.2. The van der Waals surface area contributed by atoms with Crippen LogP contribution in [0.25, 0.3) is 43.9 Å². The number of rotatable bonds is 0.